The van der Waals surface area contributed by atoms with Crippen molar-refractivity contribution in [3.63, 3.8) is 0 Å². The second kappa shape index (κ2) is 11.6. The molecule has 0 aliphatic carbocycles. The third kappa shape index (κ3) is 24.9. The Morgan fingerprint density at radius 2 is 1.80 bits per heavy atom. The van der Waals surface area contributed by atoms with Gasteiger partial charge in [0.05, 0.1) is 25.9 Å². The van der Waals surface area contributed by atoms with Crippen LogP contribution >= 0.6 is 0 Å². The SMILES string of the molecule is CC(O)CO.COCCO. The van der Waals surface area contributed by atoms with Crippen molar-refractivity contribution in [1.29, 1.82) is 0 Å². The molecule has 0 bridgehead atoms. The molecule has 0 saturated carbocycles. The van der Waals surface area contributed by atoms with Crippen molar-refractivity contribution < 1.29 is 20.1 Å². The van der Waals surface area contributed by atoms with Crippen LogP contribution in [-0.4, -0.2) is 48.4 Å². The summed E-state index contributed by atoms with van der Waals surface area (Å²) in [5, 5.41) is 23.9. The number of hydrogen-bond donors (Lipinski definition) is 3. The van der Waals surface area contributed by atoms with Crippen LogP contribution in [0.3, 0.4) is 0 Å². The highest BCUT2D eigenvalue weighted by atomic mass is 16.5. The highest BCUT2D eigenvalue weighted by Gasteiger charge is 1.83. The van der Waals surface area contributed by atoms with Gasteiger partial charge in [0.1, 0.15) is 0 Å². The van der Waals surface area contributed by atoms with Gasteiger partial charge in [-0.25, -0.2) is 0 Å². The number of rotatable bonds is 3. The molecule has 0 aliphatic rings. The van der Waals surface area contributed by atoms with E-state index in [9.17, 15) is 0 Å². The van der Waals surface area contributed by atoms with E-state index in [0.717, 1.165) is 0 Å². The predicted octanol–water partition coefficient (Wildman–Crippen LogP) is -1.02. The van der Waals surface area contributed by atoms with Crippen molar-refractivity contribution in [2.45, 2.75) is 13.0 Å². The van der Waals surface area contributed by atoms with Gasteiger partial charge in [0, 0.05) is 7.11 Å². The average molecular weight is 152 g/mol. The van der Waals surface area contributed by atoms with Crippen LogP contribution in [0.25, 0.3) is 0 Å². The summed E-state index contributed by atoms with van der Waals surface area (Å²) in [6.45, 7) is 1.95. The molecule has 0 rings (SSSR count). The maximum absolute atomic E-state index is 8.11. The lowest BCUT2D eigenvalue weighted by Crippen LogP contribution is -2.03. The molecule has 4 heteroatoms. The zero-order valence-corrected chi connectivity index (χ0v) is 6.45. The van der Waals surface area contributed by atoms with Gasteiger partial charge < -0.3 is 20.1 Å². The Hall–Kier alpha value is -0.160. The van der Waals surface area contributed by atoms with E-state index in [1.54, 1.807) is 7.11 Å². The van der Waals surface area contributed by atoms with E-state index in [-0.39, 0.29) is 13.2 Å². The third-order valence-corrected chi connectivity index (χ3v) is 0.560. The van der Waals surface area contributed by atoms with Crippen molar-refractivity contribution in [1.82, 2.24) is 0 Å². The first-order valence-electron chi connectivity index (χ1n) is 3.07. The van der Waals surface area contributed by atoms with Gasteiger partial charge in [-0.1, -0.05) is 0 Å². The molecule has 64 valence electrons. The van der Waals surface area contributed by atoms with E-state index >= 15 is 0 Å². The van der Waals surface area contributed by atoms with Crippen LogP contribution in [0.5, 0.6) is 0 Å². The van der Waals surface area contributed by atoms with Crippen LogP contribution in [0.15, 0.2) is 0 Å². The van der Waals surface area contributed by atoms with Gasteiger partial charge >= 0.3 is 0 Å². The topological polar surface area (TPSA) is 69.9 Å². The van der Waals surface area contributed by atoms with Gasteiger partial charge in [-0.3, -0.25) is 0 Å². The molecular weight excluding hydrogens is 136 g/mol. The lowest BCUT2D eigenvalue weighted by molar-refractivity contribution is 0.110. The molecule has 0 aromatic carbocycles. The van der Waals surface area contributed by atoms with Crippen molar-refractivity contribution in [3.8, 4) is 0 Å². The summed E-state index contributed by atoms with van der Waals surface area (Å²) in [4.78, 5) is 0. The summed E-state index contributed by atoms with van der Waals surface area (Å²) in [6, 6.07) is 0. The number of aliphatic hydroxyl groups is 3. The molecule has 0 aliphatic heterocycles. The van der Waals surface area contributed by atoms with E-state index in [2.05, 4.69) is 4.74 Å². The highest BCUT2D eigenvalue weighted by molar-refractivity contribution is 4.34. The Labute approximate surface area is 61.1 Å². The van der Waals surface area contributed by atoms with Gasteiger partial charge in [-0.05, 0) is 6.92 Å². The molecule has 0 aromatic heterocycles. The fourth-order valence-corrected chi connectivity index (χ4v) is 0.0913. The number of methoxy groups -OCH3 is 1. The van der Waals surface area contributed by atoms with E-state index in [4.69, 9.17) is 15.3 Å². The summed E-state index contributed by atoms with van der Waals surface area (Å²) >= 11 is 0. The van der Waals surface area contributed by atoms with E-state index in [1.165, 1.54) is 6.92 Å². The summed E-state index contributed by atoms with van der Waals surface area (Å²) in [5.74, 6) is 0. The van der Waals surface area contributed by atoms with Gasteiger partial charge in [-0.2, -0.15) is 0 Å². The summed E-state index contributed by atoms with van der Waals surface area (Å²) in [7, 11) is 1.55. The first kappa shape index (κ1) is 12.5. The monoisotopic (exact) mass is 152 g/mol. The highest BCUT2D eigenvalue weighted by Crippen LogP contribution is 1.68. The van der Waals surface area contributed by atoms with Crippen LogP contribution in [0.4, 0.5) is 0 Å². The lowest BCUT2D eigenvalue weighted by atomic mass is 10.5. The van der Waals surface area contributed by atoms with Gasteiger partial charge in [0.25, 0.3) is 0 Å². The fraction of sp³-hybridized carbons (Fsp3) is 1.00. The average Bonchev–Trinajstić information content (AvgIpc) is 1.91. The molecule has 0 fully saturated rings. The normalized spacial score (nSPS) is 11.7. The van der Waals surface area contributed by atoms with Gasteiger partial charge in [0.15, 0.2) is 0 Å². The van der Waals surface area contributed by atoms with Crippen molar-refractivity contribution in [2.24, 2.45) is 0 Å². The number of aliphatic hydroxyl groups excluding tert-OH is 3. The van der Waals surface area contributed by atoms with Crippen LogP contribution < -0.4 is 0 Å². The molecule has 10 heavy (non-hydrogen) atoms. The Balaban J connectivity index is 0. The first-order chi connectivity index (χ1) is 4.68. The third-order valence-electron chi connectivity index (χ3n) is 0.560. The molecule has 0 aromatic rings. The second-order valence-electron chi connectivity index (χ2n) is 1.75. The first-order valence-corrected chi connectivity index (χ1v) is 3.07. The molecule has 0 spiro atoms. The summed E-state index contributed by atoms with van der Waals surface area (Å²) in [5.41, 5.74) is 0. The van der Waals surface area contributed by atoms with Gasteiger partial charge in [-0.15, -0.1) is 0 Å². The van der Waals surface area contributed by atoms with E-state index in [0.29, 0.717) is 6.61 Å². The molecule has 4 nitrogen and oxygen atoms in total. The molecule has 1 unspecified atom stereocenters. The molecule has 0 saturated heterocycles. The molecule has 1 atom stereocenters. The van der Waals surface area contributed by atoms with E-state index < -0.39 is 6.10 Å². The zero-order chi connectivity index (χ0) is 8.41. The molecule has 0 heterocycles. The van der Waals surface area contributed by atoms with Crippen LogP contribution in [-0.2, 0) is 4.74 Å². The molecule has 3 N–H and O–H groups in total. The largest absolute Gasteiger partial charge is 0.394 e. The van der Waals surface area contributed by atoms with Crippen molar-refractivity contribution >= 4 is 0 Å². The van der Waals surface area contributed by atoms with Crippen LogP contribution in [0.2, 0.25) is 0 Å². The minimum Gasteiger partial charge on any atom is -0.394 e. The minimum atomic E-state index is -0.560. The fourth-order valence-electron chi connectivity index (χ4n) is 0.0913. The standard InChI is InChI=1S/2C3H8O2/c1-5-3-2-4;1-3(5)2-4/h4H,2-3H2,1H3;3-5H,2H2,1H3. The molecule has 0 amide bonds. The van der Waals surface area contributed by atoms with Crippen molar-refractivity contribution in [2.75, 3.05) is 26.9 Å². The smallest absolute Gasteiger partial charge is 0.0742 e. The van der Waals surface area contributed by atoms with E-state index in [1.807, 2.05) is 0 Å². The van der Waals surface area contributed by atoms with Crippen molar-refractivity contribution in [3.05, 3.63) is 0 Å². The zero-order valence-electron chi connectivity index (χ0n) is 6.45. The molecule has 0 radical (unpaired) electrons. The van der Waals surface area contributed by atoms with Crippen LogP contribution in [0.1, 0.15) is 6.92 Å². The Kier molecular flexibility index (Phi) is 14.5. The second-order valence-corrected chi connectivity index (χ2v) is 1.75. The summed E-state index contributed by atoms with van der Waals surface area (Å²) < 4.78 is 4.44. The lowest BCUT2D eigenvalue weighted by Gasteiger charge is -1.90. The Morgan fingerprint density at radius 1 is 1.40 bits per heavy atom. The number of hydrogen-bond acceptors (Lipinski definition) is 4. The maximum atomic E-state index is 8.11. The quantitative estimate of drug-likeness (QED) is 0.484. The minimum absolute atomic E-state index is 0.122. The van der Waals surface area contributed by atoms with Gasteiger partial charge in [0.2, 0.25) is 0 Å². The number of ether oxygens (including phenoxy) is 1. The Bertz CT molecular complexity index is 45.0. The summed E-state index contributed by atoms with van der Waals surface area (Å²) in [6.07, 6.45) is -0.560. The predicted molar refractivity (Wildman–Crippen MR) is 37.7 cm³/mol. The van der Waals surface area contributed by atoms with Crippen LogP contribution in [0, 0.1) is 0 Å². The maximum Gasteiger partial charge on any atom is 0.0742 e. The Morgan fingerprint density at radius 3 is 1.80 bits per heavy atom. The molecular formula is C6H16O4.